The first-order chi connectivity index (χ1) is 14.0. The van der Waals surface area contributed by atoms with E-state index in [9.17, 15) is 14.0 Å². The van der Waals surface area contributed by atoms with Crippen molar-refractivity contribution in [3.05, 3.63) is 59.3 Å². The van der Waals surface area contributed by atoms with E-state index in [0.717, 1.165) is 24.8 Å². The maximum Gasteiger partial charge on any atom is 0.257 e. The van der Waals surface area contributed by atoms with Crippen molar-refractivity contribution >= 4 is 11.8 Å². The van der Waals surface area contributed by atoms with Gasteiger partial charge in [-0.25, -0.2) is 4.39 Å². The fourth-order valence-corrected chi connectivity index (χ4v) is 5.22. The van der Waals surface area contributed by atoms with Crippen LogP contribution >= 0.6 is 0 Å². The summed E-state index contributed by atoms with van der Waals surface area (Å²) in [6.45, 7) is 3.62. The lowest BCUT2D eigenvalue weighted by Crippen LogP contribution is -2.41. The lowest BCUT2D eigenvalue weighted by molar-refractivity contribution is -0.139. The normalized spacial score (nSPS) is 26.5. The predicted molar refractivity (Wildman–Crippen MR) is 105 cm³/mol. The molecule has 29 heavy (non-hydrogen) atoms. The fraction of sp³-hybridized carbons (Fsp3) is 0.478. The molecule has 1 aliphatic carbocycles. The molecule has 1 aromatic carbocycles. The van der Waals surface area contributed by atoms with Crippen LogP contribution in [0.3, 0.4) is 0 Å². The molecule has 2 aliphatic heterocycles. The molecule has 0 bridgehead atoms. The second-order valence-electron chi connectivity index (χ2n) is 8.64. The van der Waals surface area contributed by atoms with Gasteiger partial charge < -0.3 is 14.2 Å². The van der Waals surface area contributed by atoms with E-state index < -0.39 is 0 Å². The van der Waals surface area contributed by atoms with Crippen molar-refractivity contribution in [2.45, 2.75) is 32.2 Å². The third kappa shape index (κ3) is 3.05. The number of furan rings is 1. The minimum absolute atomic E-state index is 0.0273. The number of hydrogen-bond donors (Lipinski definition) is 0. The number of carbonyl (C=O) groups is 2. The van der Waals surface area contributed by atoms with Crippen molar-refractivity contribution in [2.24, 2.45) is 17.8 Å². The molecule has 1 aromatic heterocycles. The molecule has 2 saturated heterocycles. The largest absolute Gasteiger partial charge is 0.469 e. The molecule has 0 unspecified atom stereocenters. The van der Waals surface area contributed by atoms with Gasteiger partial charge in [0.05, 0.1) is 17.9 Å². The van der Waals surface area contributed by atoms with Gasteiger partial charge in [0.25, 0.3) is 5.91 Å². The maximum atomic E-state index is 14.0. The zero-order chi connectivity index (χ0) is 20.1. The van der Waals surface area contributed by atoms with Crippen LogP contribution in [0.25, 0.3) is 0 Å². The molecule has 3 fully saturated rings. The van der Waals surface area contributed by atoms with E-state index in [1.165, 1.54) is 12.3 Å². The van der Waals surface area contributed by atoms with Crippen molar-refractivity contribution in [3.8, 4) is 0 Å². The molecule has 3 aliphatic rings. The highest BCUT2D eigenvalue weighted by Gasteiger charge is 2.51. The average Bonchev–Trinajstić information content (AvgIpc) is 3.33. The number of halogens is 1. The molecule has 6 heteroatoms. The van der Waals surface area contributed by atoms with E-state index in [-0.39, 0.29) is 41.4 Å². The van der Waals surface area contributed by atoms with Gasteiger partial charge in [-0.2, -0.15) is 0 Å². The molecule has 5 rings (SSSR count). The van der Waals surface area contributed by atoms with Gasteiger partial charge in [-0.05, 0) is 43.5 Å². The Balaban J connectivity index is 1.43. The Labute approximate surface area is 169 Å². The second kappa shape index (κ2) is 7.01. The van der Waals surface area contributed by atoms with E-state index in [4.69, 9.17) is 4.42 Å². The summed E-state index contributed by atoms with van der Waals surface area (Å²) in [6.07, 6.45) is 4.54. The number of fused-ring (bicyclic) bond motifs is 1. The maximum absolute atomic E-state index is 14.0. The molecular weight excluding hydrogens is 371 g/mol. The predicted octanol–water partition coefficient (Wildman–Crippen LogP) is 3.80. The summed E-state index contributed by atoms with van der Waals surface area (Å²) in [6, 6.07) is 8.12. The SMILES string of the molecule is Cc1occc1C(=O)N1C[C@H]2CN(C(=O)C3CCC3)[C@H](c3cccc(F)c3)[C@H]2C1. The van der Waals surface area contributed by atoms with Crippen LogP contribution in [0, 0.1) is 30.5 Å². The molecule has 0 radical (unpaired) electrons. The van der Waals surface area contributed by atoms with Crippen molar-refractivity contribution < 1.29 is 18.4 Å². The molecular formula is C23H25FN2O3. The summed E-state index contributed by atoms with van der Waals surface area (Å²) in [5, 5.41) is 0. The smallest absolute Gasteiger partial charge is 0.257 e. The monoisotopic (exact) mass is 396 g/mol. The number of nitrogens with zero attached hydrogens (tertiary/aromatic N) is 2. The molecule has 2 amide bonds. The molecule has 0 N–H and O–H groups in total. The molecule has 2 aromatic rings. The van der Waals surface area contributed by atoms with Crippen LogP contribution in [-0.2, 0) is 4.79 Å². The Morgan fingerprint density at radius 1 is 1.14 bits per heavy atom. The van der Waals surface area contributed by atoms with Gasteiger partial charge in [-0.3, -0.25) is 9.59 Å². The molecule has 152 valence electrons. The van der Waals surface area contributed by atoms with Crippen LogP contribution in [-0.4, -0.2) is 41.2 Å². The third-order valence-electron chi connectivity index (χ3n) is 6.97. The summed E-state index contributed by atoms with van der Waals surface area (Å²) >= 11 is 0. The zero-order valence-electron chi connectivity index (χ0n) is 16.5. The molecule has 3 heterocycles. The Morgan fingerprint density at radius 3 is 2.62 bits per heavy atom. The number of benzene rings is 1. The van der Waals surface area contributed by atoms with Gasteiger partial charge in [-0.15, -0.1) is 0 Å². The zero-order valence-corrected chi connectivity index (χ0v) is 16.5. The highest BCUT2D eigenvalue weighted by atomic mass is 19.1. The van der Waals surface area contributed by atoms with E-state index >= 15 is 0 Å². The van der Waals surface area contributed by atoms with E-state index in [2.05, 4.69) is 0 Å². The van der Waals surface area contributed by atoms with E-state index in [1.54, 1.807) is 25.1 Å². The number of hydrogen-bond acceptors (Lipinski definition) is 3. The van der Waals surface area contributed by atoms with Gasteiger partial charge in [0, 0.05) is 37.4 Å². The van der Waals surface area contributed by atoms with Crippen molar-refractivity contribution in [1.29, 1.82) is 0 Å². The number of amides is 2. The van der Waals surface area contributed by atoms with Gasteiger partial charge in [0.15, 0.2) is 0 Å². The summed E-state index contributed by atoms with van der Waals surface area (Å²) < 4.78 is 19.3. The van der Waals surface area contributed by atoms with Gasteiger partial charge in [0.2, 0.25) is 5.91 Å². The molecule has 1 saturated carbocycles. The minimum atomic E-state index is -0.290. The highest BCUT2D eigenvalue weighted by molar-refractivity contribution is 5.95. The Bertz CT molecular complexity index is 951. The molecule has 3 atom stereocenters. The lowest BCUT2D eigenvalue weighted by Gasteiger charge is -2.35. The third-order valence-corrected chi connectivity index (χ3v) is 6.97. The van der Waals surface area contributed by atoms with Crippen LogP contribution in [0.5, 0.6) is 0 Å². The van der Waals surface area contributed by atoms with E-state index in [1.807, 2.05) is 15.9 Å². The van der Waals surface area contributed by atoms with Crippen LogP contribution in [0.4, 0.5) is 4.39 Å². The standard InChI is InChI=1S/C23H25FN2O3/c1-14-19(8-9-29-14)23(28)25-11-17-12-26(22(27)15-4-2-5-15)21(20(17)13-25)16-6-3-7-18(24)10-16/h3,6-10,15,17,20-21H,2,4-5,11-13H2,1H3/t17-,20-,21+/m0/s1. The van der Waals surface area contributed by atoms with Crippen LogP contribution in [0.2, 0.25) is 0 Å². The first-order valence-corrected chi connectivity index (χ1v) is 10.4. The summed E-state index contributed by atoms with van der Waals surface area (Å²) in [5.41, 5.74) is 1.42. The number of carbonyl (C=O) groups excluding carboxylic acids is 2. The Morgan fingerprint density at radius 2 is 1.97 bits per heavy atom. The Kier molecular flexibility index (Phi) is 4.45. The van der Waals surface area contributed by atoms with Crippen LogP contribution < -0.4 is 0 Å². The number of rotatable bonds is 3. The van der Waals surface area contributed by atoms with Crippen molar-refractivity contribution in [3.63, 3.8) is 0 Å². The quantitative estimate of drug-likeness (QED) is 0.793. The van der Waals surface area contributed by atoms with Gasteiger partial charge in [0.1, 0.15) is 11.6 Å². The lowest BCUT2D eigenvalue weighted by atomic mass is 9.83. The second-order valence-corrected chi connectivity index (χ2v) is 8.64. The van der Waals surface area contributed by atoms with E-state index in [0.29, 0.717) is 31.0 Å². The van der Waals surface area contributed by atoms with Crippen LogP contribution in [0.15, 0.2) is 41.0 Å². The van der Waals surface area contributed by atoms with Gasteiger partial charge >= 0.3 is 0 Å². The summed E-state index contributed by atoms with van der Waals surface area (Å²) in [7, 11) is 0. The van der Waals surface area contributed by atoms with Crippen molar-refractivity contribution in [2.75, 3.05) is 19.6 Å². The summed E-state index contributed by atoms with van der Waals surface area (Å²) in [4.78, 5) is 29.9. The average molecular weight is 396 g/mol. The van der Waals surface area contributed by atoms with Crippen molar-refractivity contribution in [1.82, 2.24) is 9.80 Å². The van der Waals surface area contributed by atoms with Crippen LogP contribution in [0.1, 0.15) is 47.0 Å². The summed E-state index contributed by atoms with van der Waals surface area (Å²) in [5.74, 6) is 0.943. The first-order valence-electron chi connectivity index (χ1n) is 10.4. The molecule has 0 spiro atoms. The fourth-order valence-electron chi connectivity index (χ4n) is 5.22. The first kappa shape index (κ1) is 18.4. The topological polar surface area (TPSA) is 53.8 Å². The molecule has 5 nitrogen and oxygen atoms in total. The number of likely N-dealkylation sites (tertiary alicyclic amines) is 2. The highest BCUT2D eigenvalue weighted by Crippen LogP contribution is 2.47. The number of aryl methyl sites for hydroxylation is 1. The minimum Gasteiger partial charge on any atom is -0.469 e. The van der Waals surface area contributed by atoms with Gasteiger partial charge in [-0.1, -0.05) is 18.6 Å². The Hall–Kier alpha value is -2.63.